The van der Waals surface area contributed by atoms with Crippen molar-refractivity contribution in [3.63, 3.8) is 0 Å². The number of hydrogen-bond acceptors (Lipinski definition) is 4. The molecule has 1 aliphatic rings. The Morgan fingerprint density at radius 1 is 1.15 bits per heavy atom. The summed E-state index contributed by atoms with van der Waals surface area (Å²) in [5, 5.41) is 2.79. The number of rotatable bonds is 3. The first-order chi connectivity index (χ1) is 9.83. The summed E-state index contributed by atoms with van der Waals surface area (Å²) in [5.41, 5.74) is 0.669. The van der Waals surface area contributed by atoms with E-state index in [-0.39, 0.29) is 12.0 Å². The van der Waals surface area contributed by atoms with Crippen LogP contribution in [0.4, 0.5) is 10.5 Å². The van der Waals surface area contributed by atoms with Crippen molar-refractivity contribution in [1.82, 2.24) is 15.3 Å². The average Bonchev–Trinajstić information content (AvgIpc) is 2.50. The number of amides is 2. The van der Waals surface area contributed by atoms with Crippen molar-refractivity contribution < 1.29 is 9.53 Å². The number of anilines is 1. The number of carbonyl (C=O) groups is 1. The lowest BCUT2D eigenvalue weighted by molar-refractivity contribution is 0.243. The van der Waals surface area contributed by atoms with Gasteiger partial charge < -0.3 is 10.1 Å². The van der Waals surface area contributed by atoms with Gasteiger partial charge in [0.2, 0.25) is 0 Å². The average molecular weight is 270 g/mol. The highest BCUT2D eigenvalue weighted by Gasteiger charge is 2.19. The van der Waals surface area contributed by atoms with E-state index in [9.17, 15) is 4.79 Å². The third kappa shape index (κ3) is 2.69. The minimum atomic E-state index is -0.114. The molecule has 20 heavy (non-hydrogen) atoms. The van der Waals surface area contributed by atoms with Crippen LogP contribution in [0.5, 0.6) is 11.8 Å². The first kappa shape index (κ1) is 12.4. The van der Waals surface area contributed by atoms with Gasteiger partial charge in [-0.15, -0.1) is 0 Å². The number of ether oxygens (including phenoxy) is 1. The molecule has 2 amide bonds. The van der Waals surface area contributed by atoms with Crippen molar-refractivity contribution in [2.75, 3.05) is 18.0 Å². The molecule has 2 heterocycles. The zero-order valence-corrected chi connectivity index (χ0v) is 10.8. The molecule has 6 nitrogen and oxygen atoms in total. The minimum absolute atomic E-state index is 0.114. The summed E-state index contributed by atoms with van der Waals surface area (Å²) in [6.07, 6.45) is 4.10. The highest BCUT2D eigenvalue weighted by atomic mass is 16.5. The van der Waals surface area contributed by atoms with Crippen LogP contribution in [0.15, 0.2) is 42.7 Å². The Morgan fingerprint density at radius 2 is 1.90 bits per heavy atom. The van der Waals surface area contributed by atoms with Gasteiger partial charge in [-0.25, -0.2) is 14.8 Å². The van der Waals surface area contributed by atoms with E-state index in [1.54, 1.807) is 17.3 Å². The van der Waals surface area contributed by atoms with Crippen LogP contribution in [0.3, 0.4) is 0 Å². The molecule has 0 aliphatic carbocycles. The van der Waals surface area contributed by atoms with Crippen LogP contribution in [0.25, 0.3) is 0 Å². The van der Waals surface area contributed by atoms with Crippen LogP contribution >= 0.6 is 0 Å². The lowest BCUT2D eigenvalue weighted by Crippen LogP contribution is -2.46. The predicted octanol–water partition coefficient (Wildman–Crippen LogP) is 2.19. The number of hydrogen-bond donors (Lipinski definition) is 1. The predicted molar refractivity (Wildman–Crippen MR) is 73.9 cm³/mol. The lowest BCUT2D eigenvalue weighted by atomic mass is 10.3. The standard InChI is InChI=1S/C14H14N4O2/c19-14-15-7-4-8-18(14)11-9-16-13(17-10-11)20-12-5-2-1-3-6-12/h1-3,5-6,9-10H,4,7-8H2,(H,15,19). The first-order valence-corrected chi connectivity index (χ1v) is 6.43. The van der Waals surface area contributed by atoms with Crippen molar-refractivity contribution in [3.05, 3.63) is 42.7 Å². The van der Waals surface area contributed by atoms with Crippen LogP contribution in [-0.2, 0) is 0 Å². The lowest BCUT2D eigenvalue weighted by Gasteiger charge is -2.26. The largest absolute Gasteiger partial charge is 0.424 e. The second-order valence-electron chi connectivity index (χ2n) is 4.38. The third-order valence-electron chi connectivity index (χ3n) is 2.96. The van der Waals surface area contributed by atoms with Crippen molar-refractivity contribution in [2.24, 2.45) is 0 Å². The van der Waals surface area contributed by atoms with E-state index in [0.29, 0.717) is 24.5 Å². The highest BCUT2D eigenvalue weighted by molar-refractivity contribution is 5.92. The molecule has 1 N–H and O–H groups in total. The summed E-state index contributed by atoms with van der Waals surface area (Å²) in [7, 11) is 0. The number of carbonyl (C=O) groups excluding carboxylic acids is 1. The molecule has 1 aromatic carbocycles. The molecule has 1 aliphatic heterocycles. The second-order valence-corrected chi connectivity index (χ2v) is 4.38. The number of nitrogens with zero attached hydrogens (tertiary/aromatic N) is 3. The van der Waals surface area contributed by atoms with Gasteiger partial charge in [-0.05, 0) is 18.6 Å². The Morgan fingerprint density at radius 3 is 2.60 bits per heavy atom. The van der Waals surface area contributed by atoms with Crippen LogP contribution < -0.4 is 15.0 Å². The Kier molecular flexibility index (Phi) is 3.45. The van der Waals surface area contributed by atoms with Gasteiger partial charge in [0.1, 0.15) is 5.75 Å². The highest BCUT2D eigenvalue weighted by Crippen LogP contribution is 2.19. The summed E-state index contributed by atoms with van der Waals surface area (Å²) >= 11 is 0. The van der Waals surface area contributed by atoms with Gasteiger partial charge in [-0.1, -0.05) is 18.2 Å². The molecule has 1 saturated heterocycles. The third-order valence-corrected chi connectivity index (χ3v) is 2.96. The quantitative estimate of drug-likeness (QED) is 0.928. The molecule has 1 aromatic heterocycles. The van der Waals surface area contributed by atoms with Crippen LogP contribution in [0.2, 0.25) is 0 Å². The SMILES string of the molecule is O=C1NCCCN1c1cnc(Oc2ccccc2)nc1. The molecule has 0 spiro atoms. The minimum Gasteiger partial charge on any atom is -0.424 e. The second kappa shape index (κ2) is 5.56. The molecule has 6 heteroatoms. The van der Waals surface area contributed by atoms with Crippen molar-refractivity contribution in [2.45, 2.75) is 6.42 Å². The van der Waals surface area contributed by atoms with Crippen LogP contribution in [-0.4, -0.2) is 29.1 Å². The Balaban J connectivity index is 1.72. The molecule has 0 radical (unpaired) electrons. The number of para-hydroxylation sites is 1. The Bertz CT molecular complexity index is 586. The smallest absolute Gasteiger partial charge is 0.322 e. The molecule has 1 fully saturated rings. The van der Waals surface area contributed by atoms with Crippen LogP contribution in [0, 0.1) is 0 Å². The maximum absolute atomic E-state index is 11.7. The Labute approximate surface area is 116 Å². The van der Waals surface area contributed by atoms with Crippen molar-refractivity contribution in [1.29, 1.82) is 0 Å². The van der Waals surface area contributed by atoms with Gasteiger partial charge in [0.05, 0.1) is 18.1 Å². The molecule has 3 rings (SSSR count). The van der Waals surface area contributed by atoms with Crippen molar-refractivity contribution in [3.8, 4) is 11.8 Å². The number of aromatic nitrogens is 2. The molecule has 2 aromatic rings. The topological polar surface area (TPSA) is 67.4 Å². The van der Waals surface area contributed by atoms with Crippen LogP contribution in [0.1, 0.15) is 6.42 Å². The van der Waals surface area contributed by atoms with Gasteiger partial charge >= 0.3 is 12.0 Å². The monoisotopic (exact) mass is 270 g/mol. The normalized spacial score (nSPS) is 14.8. The maximum atomic E-state index is 11.7. The summed E-state index contributed by atoms with van der Waals surface area (Å²) in [4.78, 5) is 21.6. The van der Waals surface area contributed by atoms with Gasteiger partial charge in [-0.2, -0.15) is 0 Å². The van der Waals surface area contributed by atoms with E-state index >= 15 is 0 Å². The molecule has 0 unspecified atom stereocenters. The van der Waals surface area contributed by atoms with Gasteiger partial charge in [0.25, 0.3) is 0 Å². The molecular weight excluding hydrogens is 256 g/mol. The number of urea groups is 1. The summed E-state index contributed by atoms with van der Waals surface area (Å²) in [6.45, 7) is 1.39. The van der Waals surface area contributed by atoms with Gasteiger partial charge in [0, 0.05) is 13.1 Å². The summed E-state index contributed by atoms with van der Waals surface area (Å²) in [5.74, 6) is 0.677. The number of benzene rings is 1. The first-order valence-electron chi connectivity index (χ1n) is 6.43. The maximum Gasteiger partial charge on any atom is 0.322 e. The fraction of sp³-hybridized carbons (Fsp3) is 0.214. The molecule has 0 bridgehead atoms. The van der Waals surface area contributed by atoms with E-state index in [1.165, 1.54) is 0 Å². The zero-order chi connectivity index (χ0) is 13.8. The van der Waals surface area contributed by atoms with E-state index in [0.717, 1.165) is 6.42 Å². The summed E-state index contributed by atoms with van der Waals surface area (Å²) in [6, 6.07) is 9.47. The van der Waals surface area contributed by atoms with Crippen molar-refractivity contribution >= 4 is 11.7 Å². The molecule has 102 valence electrons. The zero-order valence-electron chi connectivity index (χ0n) is 10.8. The molecule has 0 saturated carbocycles. The fourth-order valence-electron chi connectivity index (χ4n) is 1.97. The fourth-order valence-corrected chi connectivity index (χ4v) is 1.97. The van der Waals surface area contributed by atoms with Gasteiger partial charge in [-0.3, -0.25) is 4.90 Å². The molecular formula is C14H14N4O2. The Hall–Kier alpha value is -2.63. The van der Waals surface area contributed by atoms with E-state index < -0.39 is 0 Å². The number of nitrogens with one attached hydrogen (secondary N) is 1. The van der Waals surface area contributed by atoms with E-state index in [2.05, 4.69) is 15.3 Å². The molecule has 0 atom stereocenters. The summed E-state index contributed by atoms with van der Waals surface area (Å²) < 4.78 is 5.51. The van der Waals surface area contributed by atoms with E-state index in [4.69, 9.17) is 4.74 Å². The van der Waals surface area contributed by atoms with E-state index in [1.807, 2.05) is 30.3 Å². The van der Waals surface area contributed by atoms with Gasteiger partial charge in [0.15, 0.2) is 0 Å².